The molecule has 1 aromatic carbocycles. The molecule has 3 rings (SSSR count). The number of piperidine rings is 1. The third-order valence-corrected chi connectivity index (χ3v) is 5.79. The van der Waals surface area contributed by atoms with Gasteiger partial charge in [-0.05, 0) is 37.3 Å². The molecule has 6 nitrogen and oxygen atoms in total. The molecule has 0 aliphatic carbocycles. The lowest BCUT2D eigenvalue weighted by atomic mass is 9.90. The van der Waals surface area contributed by atoms with Gasteiger partial charge in [0.25, 0.3) is 5.91 Å². The number of benzene rings is 1. The molecule has 1 aliphatic heterocycles. The molecule has 1 fully saturated rings. The molecule has 1 aromatic heterocycles. The largest absolute Gasteiger partial charge is 0.342 e. The average molecular weight is 423 g/mol. The molecule has 1 aliphatic rings. The van der Waals surface area contributed by atoms with E-state index < -0.39 is 0 Å². The number of hydrogen-bond acceptors (Lipinski definition) is 5. The van der Waals surface area contributed by atoms with Gasteiger partial charge in [-0.25, -0.2) is 4.98 Å². The van der Waals surface area contributed by atoms with Gasteiger partial charge in [0.05, 0.1) is 11.6 Å². The van der Waals surface area contributed by atoms with Crippen molar-refractivity contribution in [3.8, 4) is 0 Å². The van der Waals surface area contributed by atoms with E-state index in [0.29, 0.717) is 24.6 Å². The summed E-state index contributed by atoms with van der Waals surface area (Å²) in [7, 11) is 0. The highest BCUT2D eigenvalue weighted by atomic mass is 35.5. The van der Waals surface area contributed by atoms with Crippen LogP contribution in [0.15, 0.2) is 35.7 Å². The van der Waals surface area contributed by atoms with E-state index >= 15 is 0 Å². The first-order chi connectivity index (χ1) is 13.2. The van der Waals surface area contributed by atoms with Crippen molar-refractivity contribution in [2.24, 2.45) is 11.7 Å². The highest BCUT2D eigenvalue weighted by Gasteiger charge is 2.23. The van der Waals surface area contributed by atoms with Crippen molar-refractivity contribution in [2.75, 3.05) is 26.2 Å². The number of carbonyl (C=O) groups is 2. The quantitative estimate of drug-likeness (QED) is 0.716. The predicted molar refractivity (Wildman–Crippen MR) is 114 cm³/mol. The fourth-order valence-electron chi connectivity index (χ4n) is 3.35. The van der Waals surface area contributed by atoms with Gasteiger partial charge < -0.3 is 16.0 Å². The molecule has 0 atom stereocenters. The zero-order chi connectivity index (χ0) is 19.1. The van der Waals surface area contributed by atoms with Crippen LogP contribution in [0.4, 0.5) is 0 Å². The second kappa shape index (κ2) is 11.1. The van der Waals surface area contributed by atoms with Crippen molar-refractivity contribution >= 4 is 35.6 Å². The zero-order valence-corrected chi connectivity index (χ0v) is 17.4. The molecule has 2 heterocycles. The number of carbonyl (C=O) groups excluding carboxylic acids is 2. The Morgan fingerprint density at radius 2 is 1.93 bits per heavy atom. The molecule has 0 bridgehead atoms. The van der Waals surface area contributed by atoms with E-state index in [1.165, 1.54) is 16.9 Å². The minimum Gasteiger partial charge on any atom is -0.342 e. The third kappa shape index (κ3) is 6.29. The fourth-order valence-corrected chi connectivity index (χ4v) is 4.14. The first kappa shape index (κ1) is 22.3. The van der Waals surface area contributed by atoms with Crippen molar-refractivity contribution in [1.29, 1.82) is 0 Å². The van der Waals surface area contributed by atoms with E-state index in [-0.39, 0.29) is 30.8 Å². The molecule has 2 amide bonds. The average Bonchev–Trinajstić information content (AvgIpc) is 3.16. The van der Waals surface area contributed by atoms with Crippen molar-refractivity contribution < 1.29 is 9.59 Å². The summed E-state index contributed by atoms with van der Waals surface area (Å²) in [5.41, 5.74) is 7.21. The van der Waals surface area contributed by atoms with E-state index in [4.69, 9.17) is 5.73 Å². The molecule has 3 N–H and O–H groups in total. The molecule has 0 spiro atoms. The number of thiazole rings is 1. The van der Waals surface area contributed by atoms with Crippen molar-refractivity contribution in [3.05, 3.63) is 52.0 Å². The summed E-state index contributed by atoms with van der Waals surface area (Å²) in [6, 6.07) is 10.5. The molecule has 0 radical (unpaired) electrons. The standard InChI is InChI=1S/C20H26N4O2S.ClH/c21-9-6-18-23-17(14-27-18)20(26)22-13-19(25)24-10-7-16(8-11-24)12-15-4-2-1-3-5-15;/h1-5,14,16H,6-13,21H2,(H,22,26);1H. The summed E-state index contributed by atoms with van der Waals surface area (Å²) in [6.07, 6.45) is 3.73. The molecule has 0 saturated carbocycles. The van der Waals surface area contributed by atoms with Gasteiger partial charge in [0, 0.05) is 24.9 Å². The number of aromatic nitrogens is 1. The Balaban J connectivity index is 0.00000280. The van der Waals surface area contributed by atoms with Crippen molar-refractivity contribution in [2.45, 2.75) is 25.7 Å². The summed E-state index contributed by atoms with van der Waals surface area (Å²) < 4.78 is 0. The summed E-state index contributed by atoms with van der Waals surface area (Å²) in [5.74, 6) is 0.280. The van der Waals surface area contributed by atoms with Gasteiger partial charge in [0.15, 0.2) is 0 Å². The van der Waals surface area contributed by atoms with Gasteiger partial charge in [0.2, 0.25) is 5.91 Å². The maximum Gasteiger partial charge on any atom is 0.271 e. The van der Waals surface area contributed by atoms with Crippen LogP contribution in [0.25, 0.3) is 0 Å². The van der Waals surface area contributed by atoms with Gasteiger partial charge in [-0.1, -0.05) is 30.3 Å². The Labute approximate surface area is 175 Å². The Bertz CT molecular complexity index is 761. The normalized spacial score (nSPS) is 14.4. The van der Waals surface area contributed by atoms with Crippen LogP contribution in [0.2, 0.25) is 0 Å². The monoisotopic (exact) mass is 422 g/mol. The third-order valence-electron chi connectivity index (χ3n) is 4.88. The Morgan fingerprint density at radius 1 is 1.21 bits per heavy atom. The molecule has 8 heteroatoms. The number of amides is 2. The van der Waals surface area contributed by atoms with E-state index in [1.54, 1.807) is 5.38 Å². The minimum absolute atomic E-state index is 0. The molecule has 0 unspecified atom stereocenters. The minimum atomic E-state index is -0.304. The van der Waals surface area contributed by atoms with Gasteiger partial charge >= 0.3 is 0 Å². The Morgan fingerprint density at radius 3 is 2.61 bits per heavy atom. The summed E-state index contributed by atoms with van der Waals surface area (Å²) >= 11 is 1.42. The van der Waals surface area contributed by atoms with Crippen LogP contribution >= 0.6 is 23.7 Å². The van der Waals surface area contributed by atoms with Crippen molar-refractivity contribution in [3.63, 3.8) is 0 Å². The van der Waals surface area contributed by atoms with Crippen LogP contribution in [0.1, 0.15) is 33.9 Å². The second-order valence-corrected chi connectivity index (χ2v) is 7.80. The number of hydrogen-bond donors (Lipinski definition) is 2. The van der Waals surface area contributed by atoms with Gasteiger partial charge in [-0.2, -0.15) is 0 Å². The lowest BCUT2D eigenvalue weighted by Gasteiger charge is -2.32. The highest BCUT2D eigenvalue weighted by molar-refractivity contribution is 7.09. The van der Waals surface area contributed by atoms with Crippen molar-refractivity contribution in [1.82, 2.24) is 15.2 Å². The van der Waals surface area contributed by atoms with E-state index in [1.807, 2.05) is 11.0 Å². The second-order valence-electron chi connectivity index (χ2n) is 6.86. The number of nitrogens with one attached hydrogen (secondary N) is 1. The predicted octanol–water partition coefficient (Wildman–Crippen LogP) is 2.28. The lowest BCUT2D eigenvalue weighted by Crippen LogP contribution is -2.44. The molecular formula is C20H27ClN4O2S. The first-order valence-corrected chi connectivity index (χ1v) is 10.3. The maximum atomic E-state index is 12.4. The van der Waals surface area contributed by atoms with Crippen LogP contribution in [-0.4, -0.2) is 47.9 Å². The van der Waals surface area contributed by atoms with Crippen LogP contribution in [0.3, 0.4) is 0 Å². The smallest absolute Gasteiger partial charge is 0.271 e. The van der Waals surface area contributed by atoms with Crippen LogP contribution in [0, 0.1) is 5.92 Å². The Kier molecular flexibility index (Phi) is 8.89. The van der Waals surface area contributed by atoms with Gasteiger partial charge in [0.1, 0.15) is 5.69 Å². The number of halogens is 1. The molecule has 1 saturated heterocycles. The highest BCUT2D eigenvalue weighted by Crippen LogP contribution is 2.21. The van der Waals surface area contributed by atoms with E-state index in [9.17, 15) is 9.59 Å². The van der Waals surface area contributed by atoms with Gasteiger partial charge in [-0.15, -0.1) is 23.7 Å². The Hall–Kier alpha value is -1.96. The number of rotatable bonds is 7. The first-order valence-electron chi connectivity index (χ1n) is 9.40. The van der Waals surface area contributed by atoms with Crippen LogP contribution in [0.5, 0.6) is 0 Å². The van der Waals surface area contributed by atoms with Gasteiger partial charge in [-0.3, -0.25) is 9.59 Å². The van der Waals surface area contributed by atoms with E-state index in [2.05, 4.69) is 34.6 Å². The van der Waals surface area contributed by atoms with Crippen LogP contribution < -0.4 is 11.1 Å². The maximum absolute atomic E-state index is 12.4. The topological polar surface area (TPSA) is 88.3 Å². The summed E-state index contributed by atoms with van der Waals surface area (Å²) in [5, 5.41) is 5.24. The molecule has 2 aromatic rings. The molecular weight excluding hydrogens is 396 g/mol. The number of nitrogens with two attached hydrogens (primary N) is 1. The van der Waals surface area contributed by atoms with Crippen LogP contribution in [-0.2, 0) is 17.6 Å². The SMILES string of the molecule is Cl.NCCc1nc(C(=O)NCC(=O)N2CCC(Cc3ccccc3)CC2)cs1. The lowest BCUT2D eigenvalue weighted by molar-refractivity contribution is -0.131. The molecule has 152 valence electrons. The molecule has 28 heavy (non-hydrogen) atoms. The summed E-state index contributed by atoms with van der Waals surface area (Å²) in [4.78, 5) is 30.6. The number of nitrogens with zero attached hydrogens (tertiary/aromatic N) is 2. The summed E-state index contributed by atoms with van der Waals surface area (Å²) in [6.45, 7) is 2.03. The fraction of sp³-hybridized carbons (Fsp3) is 0.450. The van der Waals surface area contributed by atoms with E-state index in [0.717, 1.165) is 37.4 Å². The zero-order valence-electron chi connectivity index (χ0n) is 15.8. The number of likely N-dealkylation sites (tertiary alicyclic amines) is 1.